The summed E-state index contributed by atoms with van der Waals surface area (Å²) < 4.78 is 33.8. The highest BCUT2D eigenvalue weighted by Gasteiger charge is 2.30. The fraction of sp³-hybridized carbons (Fsp3) is 0.320. The number of methoxy groups -OCH3 is 2. The molecule has 0 aliphatic carbocycles. The summed E-state index contributed by atoms with van der Waals surface area (Å²) in [6.07, 6.45) is 1.82. The first-order chi connectivity index (χ1) is 44.8. The molecule has 476 valence electrons. The van der Waals surface area contributed by atoms with E-state index in [1.54, 1.807) is 18.2 Å². The van der Waals surface area contributed by atoms with Crippen LogP contribution < -0.4 is 58.7 Å². The molecule has 17 heteroatoms. The molecule has 0 radical (unpaired) electrons. The minimum absolute atomic E-state index is 0.0206. The summed E-state index contributed by atoms with van der Waals surface area (Å²) in [7, 11) is 3.04. The molecule has 5 aliphatic rings. The number of amides is 3. The molecule has 5 aliphatic heterocycles. The van der Waals surface area contributed by atoms with Crippen molar-refractivity contribution < 1.29 is 42.8 Å². The van der Waals surface area contributed by atoms with Crippen LogP contribution in [0.5, 0.6) is 34.5 Å². The summed E-state index contributed by atoms with van der Waals surface area (Å²) in [5.74, 6) is 4.04. The minimum atomic E-state index is -0.326. The molecule has 0 bridgehead atoms. The number of rotatable bonds is 19. The smallest absolute Gasteiger partial charge is 0.263 e. The fourth-order valence-electron chi connectivity index (χ4n) is 12.8. The van der Waals surface area contributed by atoms with Gasteiger partial charge in [-0.05, 0) is 178 Å². The Bertz CT molecular complexity index is 3910. The molecule has 3 amide bonds. The maximum Gasteiger partial charge on any atom is 0.263 e. The summed E-state index contributed by atoms with van der Waals surface area (Å²) in [5, 5.41) is 6.48. The molecule has 92 heavy (non-hydrogen) atoms. The number of nitrogens with one attached hydrogen (secondary N) is 2. The van der Waals surface area contributed by atoms with Gasteiger partial charge in [0.2, 0.25) is 6.79 Å². The van der Waals surface area contributed by atoms with Crippen molar-refractivity contribution in [2.75, 3.05) is 117 Å². The molecule has 17 nitrogen and oxygen atoms in total. The summed E-state index contributed by atoms with van der Waals surface area (Å²) >= 11 is 0. The molecule has 0 spiro atoms. The number of nitrogens with zero attached hydrogens (tertiary/aromatic N) is 6. The van der Waals surface area contributed by atoms with Crippen LogP contribution >= 0.6 is 0 Å². The van der Waals surface area contributed by atoms with Gasteiger partial charge in [-0.2, -0.15) is 0 Å². The van der Waals surface area contributed by atoms with E-state index in [-0.39, 0.29) is 36.7 Å². The van der Waals surface area contributed by atoms with Gasteiger partial charge in [0.15, 0.2) is 11.5 Å². The number of carbonyl (C=O) groups excluding carboxylic acids is 3. The number of para-hydroxylation sites is 4. The number of hydrogen-bond acceptors (Lipinski definition) is 14. The topological polar surface area (TPSA) is 150 Å². The van der Waals surface area contributed by atoms with E-state index in [4.69, 9.17) is 28.4 Å². The van der Waals surface area contributed by atoms with Gasteiger partial charge in [-0.15, -0.1) is 0 Å². The van der Waals surface area contributed by atoms with Gasteiger partial charge in [0.25, 0.3) is 17.7 Å². The number of anilines is 6. The fourth-order valence-corrected chi connectivity index (χ4v) is 12.8. The number of ether oxygens (including phenoxy) is 6. The van der Waals surface area contributed by atoms with Crippen LogP contribution in [0, 0.1) is 0 Å². The highest BCUT2D eigenvalue weighted by Crippen LogP contribution is 2.38. The van der Waals surface area contributed by atoms with E-state index in [0.29, 0.717) is 54.4 Å². The van der Waals surface area contributed by atoms with Gasteiger partial charge in [-0.3, -0.25) is 24.2 Å². The molecule has 13 rings (SSSR count). The molecule has 5 heterocycles. The van der Waals surface area contributed by atoms with Crippen molar-refractivity contribution in [3.63, 3.8) is 0 Å². The van der Waals surface area contributed by atoms with Crippen LogP contribution in [0.4, 0.5) is 34.1 Å². The molecular weight excluding hydrogens is 1160 g/mol. The minimum Gasteiger partial charge on any atom is -0.496 e. The zero-order valence-electron chi connectivity index (χ0n) is 53.5. The monoisotopic (exact) mass is 1240 g/mol. The number of carbonyl (C=O) groups is 3. The lowest BCUT2D eigenvalue weighted by atomic mass is 10.1. The molecule has 2 N–H and O–H groups in total. The van der Waals surface area contributed by atoms with Crippen molar-refractivity contribution in [2.24, 2.45) is 0 Å². The van der Waals surface area contributed by atoms with E-state index in [1.807, 2.05) is 94.7 Å². The largest absolute Gasteiger partial charge is 0.496 e. The van der Waals surface area contributed by atoms with Crippen molar-refractivity contribution in [3.05, 3.63) is 214 Å². The zero-order chi connectivity index (χ0) is 63.7. The first-order valence-corrected chi connectivity index (χ1v) is 32.0. The van der Waals surface area contributed by atoms with E-state index in [2.05, 4.69) is 125 Å². The Morgan fingerprint density at radius 3 is 1.46 bits per heavy atom. The number of fused-ring (bicyclic) bond motifs is 3. The SMILES string of the molecule is CC(C)Oc1ccccc1N1CCN(Cc2cccc(C(=O)N3CCc4cc(NCc5ccc6c(c5)OCO6)ccc43)c2)CC1.COc1cccc(OC)c1C(=O)Nc1ccc2c(c1)CCN2C(=O)c1cccc(CN2CCN(c3ccccc3OC(C)C)CC2)c1. The Morgan fingerprint density at radius 1 is 0.457 bits per heavy atom. The molecule has 0 unspecified atom stereocenters. The van der Waals surface area contributed by atoms with E-state index in [1.165, 1.54) is 25.3 Å². The molecule has 0 aromatic heterocycles. The normalized spacial score (nSPS) is 15.2. The van der Waals surface area contributed by atoms with Crippen LogP contribution in [0.15, 0.2) is 170 Å². The number of piperazine rings is 2. The van der Waals surface area contributed by atoms with Crippen LogP contribution in [0.1, 0.15) is 86.6 Å². The second-order valence-corrected chi connectivity index (χ2v) is 24.3. The van der Waals surface area contributed by atoms with Gasteiger partial charge < -0.3 is 58.7 Å². The molecule has 2 saturated heterocycles. The zero-order valence-corrected chi connectivity index (χ0v) is 53.5. The van der Waals surface area contributed by atoms with Gasteiger partial charge in [-0.25, -0.2) is 0 Å². The summed E-state index contributed by atoms with van der Waals surface area (Å²) in [5.41, 5.74) is 13.2. The maximum absolute atomic E-state index is 13.7. The van der Waals surface area contributed by atoms with Crippen molar-refractivity contribution in [3.8, 4) is 34.5 Å². The van der Waals surface area contributed by atoms with Crippen molar-refractivity contribution in [2.45, 2.75) is 72.4 Å². The van der Waals surface area contributed by atoms with E-state index < -0.39 is 0 Å². The lowest BCUT2D eigenvalue weighted by Gasteiger charge is -2.37. The average molecular weight is 1240 g/mol. The first kappa shape index (κ1) is 62.5. The third kappa shape index (κ3) is 14.5. The lowest BCUT2D eigenvalue weighted by molar-refractivity contribution is 0.0981. The van der Waals surface area contributed by atoms with Crippen molar-refractivity contribution in [1.29, 1.82) is 0 Å². The van der Waals surface area contributed by atoms with E-state index >= 15 is 0 Å². The predicted octanol–water partition coefficient (Wildman–Crippen LogP) is 12.6. The Morgan fingerprint density at radius 2 is 0.935 bits per heavy atom. The van der Waals surface area contributed by atoms with Crippen molar-refractivity contribution in [1.82, 2.24) is 9.80 Å². The van der Waals surface area contributed by atoms with Gasteiger partial charge in [0, 0.05) is 119 Å². The summed E-state index contributed by atoms with van der Waals surface area (Å²) in [6.45, 7) is 19.6. The Balaban J connectivity index is 0.000000178. The van der Waals surface area contributed by atoms with Gasteiger partial charge in [-0.1, -0.05) is 60.7 Å². The third-order valence-corrected chi connectivity index (χ3v) is 17.3. The Hall–Kier alpha value is -9.71. The third-order valence-electron chi connectivity index (χ3n) is 17.3. The second-order valence-electron chi connectivity index (χ2n) is 24.3. The van der Waals surface area contributed by atoms with Crippen molar-refractivity contribution >= 4 is 51.8 Å². The highest BCUT2D eigenvalue weighted by atomic mass is 16.7. The Labute approximate surface area is 539 Å². The predicted molar refractivity (Wildman–Crippen MR) is 363 cm³/mol. The maximum atomic E-state index is 13.7. The van der Waals surface area contributed by atoms with E-state index in [0.717, 1.165) is 146 Å². The lowest BCUT2D eigenvalue weighted by Crippen LogP contribution is -2.46. The quantitative estimate of drug-likeness (QED) is 0.0790. The van der Waals surface area contributed by atoms with Crippen LogP contribution in [0.25, 0.3) is 0 Å². The highest BCUT2D eigenvalue weighted by molar-refractivity contribution is 6.10. The van der Waals surface area contributed by atoms with Crippen LogP contribution in [0.3, 0.4) is 0 Å². The first-order valence-electron chi connectivity index (χ1n) is 32.0. The molecular formula is C75H82N8O9. The van der Waals surface area contributed by atoms with Gasteiger partial charge in [0.1, 0.15) is 28.6 Å². The summed E-state index contributed by atoms with van der Waals surface area (Å²) in [6, 6.07) is 55.9. The molecule has 0 atom stereocenters. The van der Waals surface area contributed by atoms with Crippen LogP contribution in [-0.4, -0.2) is 126 Å². The standard InChI is InChI=1S/C38H42N4O5.C37H40N4O4/c1-26(2)47-33-12-6-5-11-32(33)41-21-19-40(20-22-41)25-27-9-7-10-29(23-27)38(44)42-18-17-28-24-30(15-16-31(28)42)39-37(43)36-34(45-3)13-8-14-35(36)46-4;1-26(2)45-34-9-4-3-8-33(34)40-18-16-39(17-19-40)24-28-6-5-7-30(20-28)37(42)41-15-14-29-22-31(11-12-32(29)41)38-23-27-10-13-35-36(21-27)44-25-43-35/h5-16,23-24,26H,17-22,25H2,1-4H3,(H,39,43);3-13,20-22,26,38H,14-19,23-25H2,1-2H3. The van der Waals surface area contributed by atoms with Gasteiger partial charge >= 0.3 is 0 Å². The second kappa shape index (κ2) is 28.6. The molecule has 8 aromatic carbocycles. The van der Waals surface area contributed by atoms with Gasteiger partial charge in [0.05, 0.1) is 37.8 Å². The van der Waals surface area contributed by atoms with E-state index in [9.17, 15) is 14.4 Å². The van der Waals surface area contributed by atoms with Crippen LogP contribution in [-0.2, 0) is 32.5 Å². The molecule has 0 saturated carbocycles. The number of hydrogen-bond donors (Lipinski definition) is 2. The van der Waals surface area contributed by atoms with Crippen LogP contribution in [0.2, 0.25) is 0 Å². The Kier molecular flexibility index (Phi) is 19.4. The number of benzene rings is 8. The molecule has 2 fully saturated rings. The average Bonchev–Trinajstić information content (AvgIpc) is 1.72. The molecule has 8 aromatic rings. The summed E-state index contributed by atoms with van der Waals surface area (Å²) in [4.78, 5) is 54.1.